The summed E-state index contributed by atoms with van der Waals surface area (Å²) in [7, 11) is 1.76. The van der Waals surface area contributed by atoms with Crippen molar-refractivity contribution in [2.24, 2.45) is 11.1 Å². The van der Waals surface area contributed by atoms with E-state index in [9.17, 15) is 19.2 Å². The number of carbonyl (C=O) groups excluding carboxylic acids is 4. The highest BCUT2D eigenvalue weighted by molar-refractivity contribution is 5.90. The van der Waals surface area contributed by atoms with Crippen LogP contribution in [0.25, 0.3) is 0 Å². The monoisotopic (exact) mass is 553 g/mol. The van der Waals surface area contributed by atoms with Crippen LogP contribution in [0.3, 0.4) is 0 Å². The van der Waals surface area contributed by atoms with Gasteiger partial charge in [0, 0.05) is 19.7 Å². The molecule has 1 aromatic heterocycles. The Morgan fingerprint density at radius 2 is 1.80 bits per heavy atom. The molecule has 40 heavy (non-hydrogen) atoms. The van der Waals surface area contributed by atoms with Crippen LogP contribution in [0.1, 0.15) is 54.4 Å². The Morgan fingerprint density at radius 3 is 2.42 bits per heavy atom. The third-order valence-corrected chi connectivity index (χ3v) is 6.06. The van der Waals surface area contributed by atoms with E-state index in [4.69, 9.17) is 24.7 Å². The zero-order valence-corrected chi connectivity index (χ0v) is 22.6. The van der Waals surface area contributed by atoms with Gasteiger partial charge < -0.3 is 29.6 Å². The average Bonchev–Trinajstić information content (AvgIpc) is 3.53. The van der Waals surface area contributed by atoms with Crippen LogP contribution in [0.4, 0.5) is 0 Å². The molecule has 2 aromatic rings. The second-order valence-electron chi connectivity index (χ2n) is 10.3. The van der Waals surface area contributed by atoms with Gasteiger partial charge in [0.15, 0.2) is 18.4 Å². The summed E-state index contributed by atoms with van der Waals surface area (Å²) < 4.78 is 24.4. The van der Waals surface area contributed by atoms with Crippen molar-refractivity contribution in [3.8, 4) is 0 Å². The van der Waals surface area contributed by atoms with E-state index in [-0.39, 0.29) is 12.4 Å². The van der Waals surface area contributed by atoms with Crippen LogP contribution in [-0.2, 0) is 28.5 Å². The first kappa shape index (κ1) is 28.5. The number of allylic oxidation sites excluding steroid dienone is 1. The molecule has 0 bridgehead atoms. The predicted molar refractivity (Wildman–Crippen MR) is 138 cm³/mol. The normalized spacial score (nSPS) is 22.4. The molecule has 0 radical (unpaired) electrons. The van der Waals surface area contributed by atoms with Crippen molar-refractivity contribution < 1.29 is 38.1 Å². The van der Waals surface area contributed by atoms with Gasteiger partial charge in [0.25, 0.3) is 5.91 Å². The average molecular weight is 554 g/mol. The quantitative estimate of drug-likeness (QED) is 0.374. The van der Waals surface area contributed by atoms with E-state index in [1.165, 1.54) is 6.33 Å². The van der Waals surface area contributed by atoms with E-state index in [1.54, 1.807) is 81.5 Å². The van der Waals surface area contributed by atoms with Gasteiger partial charge in [0.1, 0.15) is 19.0 Å². The molecule has 4 rings (SSSR count). The third-order valence-electron chi connectivity index (χ3n) is 6.06. The number of primary amides is 1. The van der Waals surface area contributed by atoms with Crippen LogP contribution in [0.15, 0.2) is 60.7 Å². The lowest BCUT2D eigenvalue weighted by Crippen LogP contribution is -2.43. The largest absolute Gasteiger partial charge is 0.459 e. The standard InChI is InChI=1S/C27H31N5O8/c1-27(2,3)26(36)40-20-19(39-25(35)17-11-8-12-31(4)13-17)18(14-37-24(34)16-9-6-5-7-10-16)38-23(20)32-15-29-22(30-32)21(28)33/h5-10,12-13,15,18-20,23H,11,14H2,1-4H3,(H2,28,33)/t18-,19-,20-,23-/m1/s1. The number of carbonyl (C=O) groups is 4. The second kappa shape index (κ2) is 11.7. The molecule has 1 amide bonds. The Bertz CT molecular complexity index is 1330. The summed E-state index contributed by atoms with van der Waals surface area (Å²) in [5.74, 6) is -3.07. The Morgan fingerprint density at radius 1 is 1.07 bits per heavy atom. The number of amides is 1. The molecule has 13 heteroatoms. The van der Waals surface area contributed by atoms with Gasteiger partial charge in [-0.15, -0.1) is 5.10 Å². The molecule has 1 fully saturated rings. The summed E-state index contributed by atoms with van der Waals surface area (Å²) in [4.78, 5) is 56.1. The lowest BCUT2D eigenvalue weighted by Gasteiger charge is -2.27. The van der Waals surface area contributed by atoms with Gasteiger partial charge in [0.05, 0.1) is 16.6 Å². The number of nitrogens with two attached hydrogens (primary N) is 1. The minimum absolute atomic E-state index is 0.292. The van der Waals surface area contributed by atoms with Crippen molar-refractivity contribution in [1.29, 1.82) is 0 Å². The Labute approximate surface area is 230 Å². The van der Waals surface area contributed by atoms with Crippen molar-refractivity contribution in [3.63, 3.8) is 0 Å². The first-order valence-electron chi connectivity index (χ1n) is 12.5. The number of benzene rings is 1. The molecule has 1 aromatic carbocycles. The summed E-state index contributed by atoms with van der Waals surface area (Å²) in [6, 6.07) is 8.32. The fourth-order valence-electron chi connectivity index (χ4n) is 3.97. The maximum atomic E-state index is 13.2. The molecule has 212 valence electrons. The molecule has 3 heterocycles. The lowest BCUT2D eigenvalue weighted by atomic mass is 9.97. The van der Waals surface area contributed by atoms with E-state index in [2.05, 4.69) is 10.1 Å². The number of rotatable bonds is 8. The molecule has 0 saturated carbocycles. The molecule has 0 aliphatic carbocycles. The zero-order valence-electron chi connectivity index (χ0n) is 22.6. The molecule has 2 aliphatic heterocycles. The minimum atomic E-state index is -1.24. The van der Waals surface area contributed by atoms with Crippen molar-refractivity contribution in [1.82, 2.24) is 19.7 Å². The zero-order chi connectivity index (χ0) is 29.0. The highest BCUT2D eigenvalue weighted by atomic mass is 16.7. The third kappa shape index (κ3) is 6.54. The maximum absolute atomic E-state index is 13.2. The first-order valence-corrected chi connectivity index (χ1v) is 12.5. The number of hydrogen-bond donors (Lipinski definition) is 1. The molecular formula is C27H31N5O8. The van der Waals surface area contributed by atoms with E-state index >= 15 is 0 Å². The van der Waals surface area contributed by atoms with Gasteiger partial charge in [-0.25, -0.2) is 19.3 Å². The Balaban J connectivity index is 1.66. The molecule has 2 aliphatic rings. The summed E-state index contributed by atoms with van der Waals surface area (Å²) in [6.07, 6.45) is 2.00. The molecular weight excluding hydrogens is 522 g/mol. The fraction of sp³-hybridized carbons (Fsp3) is 0.407. The van der Waals surface area contributed by atoms with E-state index < -0.39 is 53.8 Å². The van der Waals surface area contributed by atoms with Crippen LogP contribution in [0.2, 0.25) is 0 Å². The molecule has 1 saturated heterocycles. The van der Waals surface area contributed by atoms with Gasteiger partial charge in [-0.1, -0.05) is 24.3 Å². The van der Waals surface area contributed by atoms with Crippen LogP contribution >= 0.6 is 0 Å². The molecule has 4 atom stereocenters. The van der Waals surface area contributed by atoms with Gasteiger partial charge in [-0.3, -0.25) is 9.59 Å². The van der Waals surface area contributed by atoms with Gasteiger partial charge >= 0.3 is 17.9 Å². The van der Waals surface area contributed by atoms with E-state index in [1.807, 2.05) is 0 Å². The summed E-state index contributed by atoms with van der Waals surface area (Å²) >= 11 is 0. The first-order chi connectivity index (χ1) is 18.9. The van der Waals surface area contributed by atoms with E-state index in [0.29, 0.717) is 17.6 Å². The topological polar surface area (TPSA) is 165 Å². The minimum Gasteiger partial charge on any atom is -0.459 e. The van der Waals surface area contributed by atoms with Crippen LogP contribution in [-0.4, -0.2) is 75.4 Å². The highest BCUT2D eigenvalue weighted by Crippen LogP contribution is 2.36. The SMILES string of the molecule is CN1C=CCC(C(=O)O[C@H]2[C@@H](OC(=O)C(C)(C)C)[C@H](n3cnc(C(N)=O)n3)O[C@@H]2COC(=O)c2ccccc2)=C1. The molecule has 2 N–H and O–H groups in total. The van der Waals surface area contributed by atoms with Crippen molar-refractivity contribution in [2.45, 2.75) is 51.7 Å². The summed E-state index contributed by atoms with van der Waals surface area (Å²) in [5.41, 5.74) is 5.05. The van der Waals surface area contributed by atoms with Crippen molar-refractivity contribution in [3.05, 3.63) is 72.1 Å². The van der Waals surface area contributed by atoms with Gasteiger partial charge in [0.2, 0.25) is 5.82 Å². The number of aromatic nitrogens is 3. The smallest absolute Gasteiger partial charge is 0.338 e. The lowest BCUT2D eigenvalue weighted by molar-refractivity contribution is -0.173. The van der Waals surface area contributed by atoms with Crippen LogP contribution in [0.5, 0.6) is 0 Å². The highest BCUT2D eigenvalue weighted by Gasteiger charge is 2.52. The van der Waals surface area contributed by atoms with Gasteiger partial charge in [-0.05, 0) is 39.1 Å². The van der Waals surface area contributed by atoms with Crippen molar-refractivity contribution >= 4 is 23.8 Å². The maximum Gasteiger partial charge on any atom is 0.338 e. The van der Waals surface area contributed by atoms with Crippen molar-refractivity contribution in [2.75, 3.05) is 13.7 Å². The Kier molecular flexibility index (Phi) is 8.33. The van der Waals surface area contributed by atoms with Gasteiger partial charge in [-0.2, -0.15) is 0 Å². The summed E-state index contributed by atoms with van der Waals surface area (Å²) in [5, 5.41) is 4.04. The number of hydrogen-bond acceptors (Lipinski definition) is 11. The van der Waals surface area contributed by atoms with Crippen LogP contribution < -0.4 is 5.73 Å². The molecule has 0 unspecified atom stereocenters. The molecule has 13 nitrogen and oxygen atoms in total. The van der Waals surface area contributed by atoms with E-state index in [0.717, 1.165) is 4.68 Å². The number of ether oxygens (including phenoxy) is 4. The Hall–Kier alpha value is -4.52. The number of esters is 3. The van der Waals surface area contributed by atoms with Crippen LogP contribution in [0, 0.1) is 5.41 Å². The number of nitrogens with zero attached hydrogens (tertiary/aromatic N) is 4. The second-order valence-corrected chi connectivity index (χ2v) is 10.3. The molecule has 0 spiro atoms. The fourth-order valence-corrected chi connectivity index (χ4v) is 3.97. The summed E-state index contributed by atoms with van der Waals surface area (Å²) in [6.45, 7) is 4.64. The predicted octanol–water partition coefficient (Wildman–Crippen LogP) is 1.73.